The molecule has 0 saturated heterocycles. The Kier molecular flexibility index (Phi) is 4.70. The number of amides is 1. The Hall–Kier alpha value is -3.21. The molecule has 0 aliphatic carbocycles. The molecule has 0 aliphatic rings. The largest absolute Gasteiger partial charge is 0.444 e. The SMILES string of the molecule is CNC(N)=NC(=O)c1cc2c(C(F)(F)F)ccc(Oc3ccc(N)s3)c2[nH]1. The fourth-order valence-electron chi connectivity index (χ4n) is 2.36. The lowest BCUT2D eigenvalue weighted by Gasteiger charge is -2.10. The van der Waals surface area contributed by atoms with Crippen molar-refractivity contribution in [1.29, 1.82) is 0 Å². The number of halogens is 3. The lowest BCUT2D eigenvalue weighted by Crippen LogP contribution is -2.28. The Balaban J connectivity index is 2.13. The van der Waals surface area contributed by atoms with Gasteiger partial charge in [-0.15, -0.1) is 0 Å². The Bertz CT molecular complexity index is 1040. The highest BCUT2D eigenvalue weighted by molar-refractivity contribution is 7.17. The van der Waals surface area contributed by atoms with Gasteiger partial charge in [0, 0.05) is 12.4 Å². The maximum Gasteiger partial charge on any atom is 0.417 e. The summed E-state index contributed by atoms with van der Waals surface area (Å²) in [7, 11) is 1.46. The molecule has 1 aromatic carbocycles. The first kappa shape index (κ1) is 18.6. The molecular weight excluding hydrogens is 383 g/mol. The van der Waals surface area contributed by atoms with Crippen molar-refractivity contribution in [3.63, 3.8) is 0 Å². The van der Waals surface area contributed by atoms with Crippen molar-refractivity contribution in [3.8, 4) is 10.8 Å². The quantitative estimate of drug-likeness (QED) is 0.399. The molecule has 0 atom stereocenters. The van der Waals surface area contributed by atoms with E-state index in [1.54, 1.807) is 12.1 Å². The minimum absolute atomic E-state index is 0.0124. The van der Waals surface area contributed by atoms with Gasteiger partial charge in [-0.25, -0.2) is 0 Å². The third kappa shape index (κ3) is 3.82. The topological polar surface area (TPSA) is 119 Å². The lowest BCUT2D eigenvalue weighted by atomic mass is 10.1. The monoisotopic (exact) mass is 397 g/mol. The summed E-state index contributed by atoms with van der Waals surface area (Å²) in [5.74, 6) is -0.873. The van der Waals surface area contributed by atoms with Gasteiger partial charge in [0.25, 0.3) is 5.91 Å². The number of fused-ring (bicyclic) bond motifs is 1. The second-order valence-corrected chi connectivity index (χ2v) is 6.47. The number of carbonyl (C=O) groups excluding carboxylic acids is 1. The molecule has 2 heterocycles. The molecule has 0 aliphatic heterocycles. The number of H-pyrrole nitrogens is 1. The molecule has 0 fully saturated rings. The Morgan fingerprint density at radius 1 is 1.30 bits per heavy atom. The molecule has 2 aromatic heterocycles. The van der Waals surface area contributed by atoms with Gasteiger partial charge in [-0.3, -0.25) is 4.79 Å². The van der Waals surface area contributed by atoms with Crippen LogP contribution in [0.15, 0.2) is 35.3 Å². The van der Waals surface area contributed by atoms with Crippen LogP contribution in [0.1, 0.15) is 16.1 Å². The fraction of sp³-hybridized carbons (Fsp3) is 0.125. The van der Waals surface area contributed by atoms with E-state index in [2.05, 4.69) is 15.3 Å². The molecule has 0 unspecified atom stereocenters. The minimum Gasteiger partial charge on any atom is -0.444 e. The van der Waals surface area contributed by atoms with Crippen LogP contribution in [0, 0.1) is 0 Å². The molecule has 27 heavy (non-hydrogen) atoms. The Labute approximate surface area is 154 Å². The zero-order valence-corrected chi connectivity index (χ0v) is 14.7. The van der Waals surface area contributed by atoms with E-state index < -0.39 is 17.6 Å². The average Bonchev–Trinajstić information content (AvgIpc) is 3.20. The van der Waals surface area contributed by atoms with Gasteiger partial charge in [-0.05, 0) is 30.3 Å². The summed E-state index contributed by atoms with van der Waals surface area (Å²) in [5.41, 5.74) is 10.0. The normalized spacial score (nSPS) is 12.4. The van der Waals surface area contributed by atoms with E-state index >= 15 is 0 Å². The summed E-state index contributed by atoms with van der Waals surface area (Å²) < 4.78 is 45.7. The van der Waals surface area contributed by atoms with E-state index in [1.165, 1.54) is 13.1 Å². The van der Waals surface area contributed by atoms with Crippen LogP contribution in [0.5, 0.6) is 10.8 Å². The van der Waals surface area contributed by atoms with Gasteiger partial charge in [0.1, 0.15) is 5.69 Å². The lowest BCUT2D eigenvalue weighted by molar-refractivity contribution is -0.136. The fourth-order valence-corrected chi connectivity index (χ4v) is 3.00. The van der Waals surface area contributed by atoms with Crippen LogP contribution < -0.4 is 21.5 Å². The predicted molar refractivity (Wildman–Crippen MR) is 97.1 cm³/mol. The predicted octanol–water partition coefficient (Wildman–Crippen LogP) is 3.30. The van der Waals surface area contributed by atoms with Crippen LogP contribution in [-0.2, 0) is 6.18 Å². The number of hydrogen-bond acceptors (Lipinski definition) is 4. The maximum atomic E-state index is 13.3. The second kappa shape index (κ2) is 6.83. The highest BCUT2D eigenvalue weighted by Crippen LogP contribution is 2.41. The standard InChI is InChI=1S/C16H14F3N5O2S/c1-22-15(21)24-14(25)9-6-7-8(16(17,18)19)2-3-10(13(7)23-9)26-12-5-4-11(20)27-12/h2-6,23H,20H2,1H3,(H3,21,22,24,25). The van der Waals surface area contributed by atoms with Gasteiger partial charge in [0.15, 0.2) is 16.8 Å². The molecule has 1 amide bonds. The Morgan fingerprint density at radius 2 is 2.04 bits per heavy atom. The molecule has 7 nitrogen and oxygen atoms in total. The number of rotatable bonds is 3. The van der Waals surface area contributed by atoms with Crippen LogP contribution in [0.2, 0.25) is 0 Å². The summed E-state index contributed by atoms with van der Waals surface area (Å²) in [6.45, 7) is 0. The number of nitrogens with zero attached hydrogens (tertiary/aromatic N) is 1. The number of aliphatic imine (C=N–C) groups is 1. The van der Waals surface area contributed by atoms with Crippen molar-refractivity contribution >= 4 is 39.1 Å². The zero-order chi connectivity index (χ0) is 19.8. The molecule has 3 aromatic rings. The number of aromatic nitrogens is 1. The van der Waals surface area contributed by atoms with Crippen molar-refractivity contribution in [1.82, 2.24) is 10.3 Å². The highest BCUT2D eigenvalue weighted by Gasteiger charge is 2.34. The van der Waals surface area contributed by atoms with Crippen molar-refractivity contribution in [2.24, 2.45) is 10.7 Å². The van der Waals surface area contributed by atoms with Gasteiger partial charge in [0.2, 0.25) is 0 Å². The number of alkyl halides is 3. The van der Waals surface area contributed by atoms with Gasteiger partial charge in [-0.1, -0.05) is 11.3 Å². The maximum absolute atomic E-state index is 13.3. The van der Waals surface area contributed by atoms with Crippen molar-refractivity contribution in [3.05, 3.63) is 41.6 Å². The Morgan fingerprint density at radius 3 is 2.63 bits per heavy atom. The number of anilines is 1. The zero-order valence-electron chi connectivity index (χ0n) is 13.8. The minimum atomic E-state index is -4.61. The van der Waals surface area contributed by atoms with Gasteiger partial charge in [-0.2, -0.15) is 18.2 Å². The van der Waals surface area contributed by atoms with E-state index in [9.17, 15) is 18.0 Å². The summed E-state index contributed by atoms with van der Waals surface area (Å²) in [5, 5.41) is 3.13. The van der Waals surface area contributed by atoms with E-state index in [0.29, 0.717) is 10.1 Å². The smallest absolute Gasteiger partial charge is 0.417 e. The van der Waals surface area contributed by atoms with E-state index in [0.717, 1.165) is 23.5 Å². The summed E-state index contributed by atoms with van der Waals surface area (Å²) in [4.78, 5) is 18.3. The molecule has 0 spiro atoms. The summed E-state index contributed by atoms with van der Waals surface area (Å²) in [6.07, 6.45) is -4.61. The summed E-state index contributed by atoms with van der Waals surface area (Å²) in [6, 6.07) is 6.35. The number of carbonyl (C=O) groups is 1. The number of guanidine groups is 1. The number of aromatic amines is 1. The first-order valence-corrected chi connectivity index (χ1v) is 8.33. The molecule has 6 N–H and O–H groups in total. The molecule has 0 radical (unpaired) electrons. The molecule has 142 valence electrons. The van der Waals surface area contributed by atoms with Gasteiger partial charge < -0.3 is 26.5 Å². The highest BCUT2D eigenvalue weighted by atomic mass is 32.1. The van der Waals surface area contributed by atoms with E-state index in [4.69, 9.17) is 16.2 Å². The van der Waals surface area contributed by atoms with Crippen LogP contribution >= 0.6 is 11.3 Å². The van der Waals surface area contributed by atoms with Gasteiger partial charge in [0.05, 0.1) is 16.1 Å². The number of ether oxygens (including phenoxy) is 1. The molecule has 0 saturated carbocycles. The first-order valence-electron chi connectivity index (χ1n) is 7.51. The van der Waals surface area contributed by atoms with Crippen molar-refractivity contribution in [2.75, 3.05) is 12.8 Å². The molecular formula is C16H14F3N5O2S. The van der Waals surface area contributed by atoms with E-state index in [-0.39, 0.29) is 28.3 Å². The third-order valence-electron chi connectivity index (χ3n) is 3.58. The van der Waals surface area contributed by atoms with Crippen molar-refractivity contribution in [2.45, 2.75) is 6.18 Å². The van der Waals surface area contributed by atoms with Crippen molar-refractivity contribution < 1.29 is 22.7 Å². The van der Waals surface area contributed by atoms with Crippen LogP contribution in [0.25, 0.3) is 10.9 Å². The number of benzene rings is 1. The number of thiophene rings is 1. The van der Waals surface area contributed by atoms with E-state index in [1.807, 2.05) is 0 Å². The second-order valence-electron chi connectivity index (χ2n) is 5.39. The first-order chi connectivity index (χ1) is 12.7. The molecule has 0 bridgehead atoms. The molecule has 11 heteroatoms. The van der Waals surface area contributed by atoms with Crippen LogP contribution in [-0.4, -0.2) is 23.9 Å². The summed E-state index contributed by atoms with van der Waals surface area (Å²) >= 11 is 1.13. The third-order valence-corrected chi connectivity index (χ3v) is 4.37. The number of nitrogens with two attached hydrogens (primary N) is 2. The van der Waals surface area contributed by atoms with Crippen LogP contribution in [0.3, 0.4) is 0 Å². The number of nitrogen functional groups attached to an aromatic ring is 1. The number of hydrogen-bond donors (Lipinski definition) is 4. The molecule has 3 rings (SSSR count). The van der Waals surface area contributed by atoms with Crippen LogP contribution in [0.4, 0.5) is 18.2 Å². The van der Waals surface area contributed by atoms with Gasteiger partial charge >= 0.3 is 6.18 Å². The average molecular weight is 397 g/mol. The number of nitrogens with one attached hydrogen (secondary N) is 2.